The first-order valence-electron chi connectivity index (χ1n) is 5.96. The molecule has 3 heteroatoms. The van der Waals surface area contributed by atoms with Crippen LogP contribution in [0.25, 0.3) is 0 Å². The Kier molecular flexibility index (Phi) is 5.68. The zero-order chi connectivity index (χ0) is 12.6. The molecule has 0 saturated carbocycles. The summed E-state index contributed by atoms with van der Waals surface area (Å²) in [5.41, 5.74) is 0.330. The minimum Gasteiger partial charge on any atom is -0.396 e. The third-order valence-corrected chi connectivity index (χ3v) is 2.79. The van der Waals surface area contributed by atoms with E-state index >= 15 is 0 Å². The van der Waals surface area contributed by atoms with Gasteiger partial charge in [-0.25, -0.2) is 0 Å². The molecule has 3 nitrogen and oxygen atoms in total. The number of aliphatic hydroxyl groups is 1. The Balaban J connectivity index is 2.68. The molecule has 0 spiro atoms. The van der Waals surface area contributed by atoms with Crippen LogP contribution in [0.3, 0.4) is 0 Å². The summed E-state index contributed by atoms with van der Waals surface area (Å²) >= 11 is 0. The molecule has 17 heavy (non-hydrogen) atoms. The molecule has 0 saturated heterocycles. The molecule has 0 radical (unpaired) electrons. The minimum absolute atomic E-state index is 0.0938. The molecule has 0 aliphatic carbocycles. The van der Waals surface area contributed by atoms with Gasteiger partial charge in [0.15, 0.2) is 5.60 Å². The summed E-state index contributed by atoms with van der Waals surface area (Å²) in [7, 11) is 0. The number of benzene rings is 1. The first-order valence-corrected chi connectivity index (χ1v) is 5.96. The van der Waals surface area contributed by atoms with Crippen LogP contribution in [-0.4, -0.2) is 23.9 Å². The van der Waals surface area contributed by atoms with Crippen LogP contribution < -0.4 is 0 Å². The van der Waals surface area contributed by atoms with Crippen LogP contribution >= 0.6 is 0 Å². The zero-order valence-corrected chi connectivity index (χ0v) is 10.2. The highest BCUT2D eigenvalue weighted by molar-refractivity contribution is 5.20. The van der Waals surface area contributed by atoms with Gasteiger partial charge in [0.25, 0.3) is 0 Å². The molecular formula is C14H19NO2. The van der Waals surface area contributed by atoms with Crippen molar-refractivity contribution in [1.82, 2.24) is 0 Å². The van der Waals surface area contributed by atoms with Crippen molar-refractivity contribution in [3.05, 3.63) is 35.9 Å². The standard InChI is InChI=1S/C14H19NO2/c1-2-14(12-15,17-10-6-9-16)11-13-7-4-3-5-8-13/h3-5,7-8,16H,2,6,9-11H2,1H3. The van der Waals surface area contributed by atoms with Crippen LogP contribution in [-0.2, 0) is 11.2 Å². The summed E-state index contributed by atoms with van der Waals surface area (Å²) in [6, 6.07) is 12.1. The quantitative estimate of drug-likeness (QED) is 0.735. The fourth-order valence-electron chi connectivity index (χ4n) is 1.69. The Labute approximate surface area is 103 Å². The predicted octanol–water partition coefficient (Wildman–Crippen LogP) is 2.30. The number of hydrogen-bond donors (Lipinski definition) is 1. The van der Waals surface area contributed by atoms with Crippen molar-refractivity contribution >= 4 is 0 Å². The summed E-state index contributed by atoms with van der Waals surface area (Å²) in [5.74, 6) is 0. The highest BCUT2D eigenvalue weighted by atomic mass is 16.5. The maximum atomic E-state index is 9.30. The second-order valence-corrected chi connectivity index (χ2v) is 4.05. The highest BCUT2D eigenvalue weighted by Gasteiger charge is 2.28. The van der Waals surface area contributed by atoms with E-state index < -0.39 is 5.60 Å². The van der Waals surface area contributed by atoms with Crippen LogP contribution in [0.15, 0.2) is 30.3 Å². The lowest BCUT2D eigenvalue weighted by Crippen LogP contribution is -2.33. The van der Waals surface area contributed by atoms with Gasteiger partial charge in [0.2, 0.25) is 0 Å². The molecule has 1 N–H and O–H groups in total. The molecule has 0 amide bonds. The molecule has 1 rings (SSSR count). The van der Waals surface area contributed by atoms with Gasteiger partial charge in [0.1, 0.15) is 0 Å². The molecule has 0 heterocycles. The molecule has 0 fully saturated rings. The number of nitrogens with zero attached hydrogens (tertiary/aromatic N) is 1. The minimum atomic E-state index is -0.767. The number of ether oxygens (including phenoxy) is 1. The molecule has 1 unspecified atom stereocenters. The lowest BCUT2D eigenvalue weighted by Gasteiger charge is -2.25. The number of nitriles is 1. The summed E-state index contributed by atoms with van der Waals surface area (Å²) in [6.07, 6.45) is 1.80. The van der Waals surface area contributed by atoms with Crippen LogP contribution in [0.4, 0.5) is 0 Å². The van der Waals surface area contributed by atoms with E-state index in [0.717, 1.165) is 5.56 Å². The fourth-order valence-corrected chi connectivity index (χ4v) is 1.69. The topological polar surface area (TPSA) is 53.2 Å². The second-order valence-electron chi connectivity index (χ2n) is 4.05. The summed E-state index contributed by atoms with van der Waals surface area (Å²) in [6.45, 7) is 2.46. The first kappa shape index (κ1) is 13.7. The second kappa shape index (κ2) is 7.05. The summed E-state index contributed by atoms with van der Waals surface area (Å²) < 4.78 is 5.65. The van der Waals surface area contributed by atoms with E-state index in [1.54, 1.807) is 0 Å². The van der Waals surface area contributed by atoms with Gasteiger partial charge in [0.05, 0.1) is 12.7 Å². The van der Waals surface area contributed by atoms with E-state index in [1.165, 1.54) is 0 Å². The maximum Gasteiger partial charge on any atom is 0.157 e. The van der Waals surface area contributed by atoms with Crippen LogP contribution in [0.1, 0.15) is 25.3 Å². The monoisotopic (exact) mass is 233 g/mol. The Morgan fingerprint density at radius 2 is 2.06 bits per heavy atom. The lowest BCUT2D eigenvalue weighted by molar-refractivity contribution is -0.0107. The average molecular weight is 233 g/mol. The van der Waals surface area contributed by atoms with Crippen molar-refractivity contribution in [1.29, 1.82) is 5.26 Å². The fraction of sp³-hybridized carbons (Fsp3) is 0.500. The SMILES string of the molecule is CCC(C#N)(Cc1ccccc1)OCCCO. The van der Waals surface area contributed by atoms with E-state index in [2.05, 4.69) is 6.07 Å². The van der Waals surface area contributed by atoms with E-state index in [4.69, 9.17) is 9.84 Å². The Bertz CT molecular complexity index is 358. The van der Waals surface area contributed by atoms with Crippen molar-refractivity contribution in [2.24, 2.45) is 0 Å². The van der Waals surface area contributed by atoms with Crippen molar-refractivity contribution in [3.8, 4) is 6.07 Å². The van der Waals surface area contributed by atoms with Gasteiger partial charge in [0, 0.05) is 13.0 Å². The van der Waals surface area contributed by atoms with E-state index in [1.807, 2.05) is 37.3 Å². The van der Waals surface area contributed by atoms with Gasteiger partial charge >= 0.3 is 0 Å². The molecule has 0 bridgehead atoms. The van der Waals surface area contributed by atoms with E-state index in [9.17, 15) is 5.26 Å². The number of rotatable bonds is 7. The van der Waals surface area contributed by atoms with Crippen LogP contribution in [0, 0.1) is 11.3 Å². The van der Waals surface area contributed by atoms with Gasteiger partial charge in [-0.15, -0.1) is 0 Å². The Morgan fingerprint density at radius 3 is 2.59 bits per heavy atom. The molecule has 1 aromatic carbocycles. The van der Waals surface area contributed by atoms with Crippen LogP contribution in [0.5, 0.6) is 0 Å². The van der Waals surface area contributed by atoms with Gasteiger partial charge < -0.3 is 9.84 Å². The van der Waals surface area contributed by atoms with Gasteiger partial charge in [-0.3, -0.25) is 0 Å². The third kappa shape index (κ3) is 4.18. The van der Waals surface area contributed by atoms with Crippen molar-refractivity contribution in [2.75, 3.05) is 13.2 Å². The number of aliphatic hydroxyl groups excluding tert-OH is 1. The van der Waals surface area contributed by atoms with Crippen molar-refractivity contribution in [3.63, 3.8) is 0 Å². The molecule has 0 aromatic heterocycles. The maximum absolute atomic E-state index is 9.30. The van der Waals surface area contributed by atoms with Crippen molar-refractivity contribution in [2.45, 2.75) is 31.8 Å². The van der Waals surface area contributed by atoms with E-state index in [-0.39, 0.29) is 6.61 Å². The molecule has 0 aliphatic rings. The smallest absolute Gasteiger partial charge is 0.157 e. The van der Waals surface area contributed by atoms with Gasteiger partial charge in [-0.1, -0.05) is 37.3 Å². The first-order chi connectivity index (χ1) is 8.26. The van der Waals surface area contributed by atoms with Crippen LogP contribution in [0.2, 0.25) is 0 Å². The molecule has 1 aromatic rings. The predicted molar refractivity (Wildman–Crippen MR) is 66.4 cm³/mol. The third-order valence-electron chi connectivity index (χ3n) is 2.79. The lowest BCUT2D eigenvalue weighted by atomic mass is 9.93. The molecule has 92 valence electrons. The van der Waals surface area contributed by atoms with Gasteiger partial charge in [-0.2, -0.15) is 5.26 Å². The summed E-state index contributed by atoms with van der Waals surface area (Å²) in [5, 5.41) is 18.0. The zero-order valence-electron chi connectivity index (χ0n) is 10.2. The molecular weight excluding hydrogens is 214 g/mol. The largest absolute Gasteiger partial charge is 0.396 e. The Hall–Kier alpha value is -1.37. The van der Waals surface area contributed by atoms with Crippen molar-refractivity contribution < 1.29 is 9.84 Å². The Morgan fingerprint density at radius 1 is 1.35 bits per heavy atom. The number of hydrogen-bond acceptors (Lipinski definition) is 3. The highest BCUT2D eigenvalue weighted by Crippen LogP contribution is 2.21. The summed E-state index contributed by atoms with van der Waals surface area (Å²) in [4.78, 5) is 0. The van der Waals surface area contributed by atoms with Gasteiger partial charge in [-0.05, 0) is 18.4 Å². The van der Waals surface area contributed by atoms with E-state index in [0.29, 0.717) is 25.9 Å². The molecule has 1 atom stereocenters. The normalized spacial score (nSPS) is 13.9. The average Bonchev–Trinajstić information content (AvgIpc) is 2.39. The molecule has 0 aliphatic heterocycles.